The molecule has 0 spiro atoms. The van der Waals surface area contributed by atoms with Gasteiger partial charge in [-0.3, -0.25) is 4.79 Å². The highest BCUT2D eigenvalue weighted by Crippen LogP contribution is 2.36. The van der Waals surface area contributed by atoms with Crippen LogP contribution in [0.25, 0.3) is 0 Å². The van der Waals surface area contributed by atoms with Crippen molar-refractivity contribution in [3.63, 3.8) is 0 Å². The minimum atomic E-state index is -1.38. The average molecular weight is 927 g/mol. The first-order valence-corrected chi connectivity index (χ1v) is 24.0. The number of carbonyl (C=O) groups excluding carboxylic acids is 1. The first-order valence-electron chi connectivity index (χ1n) is 24.0. The Labute approximate surface area is 382 Å². The minimum absolute atomic E-state index is 0.00217. The van der Waals surface area contributed by atoms with Crippen LogP contribution in [-0.2, 0) is 47.4 Å². The number of likely N-dealkylation sites (N-methyl/N-ethyl adjacent to an activating group) is 1. The van der Waals surface area contributed by atoms with Gasteiger partial charge in [-0.15, -0.1) is 0 Å². The highest BCUT2D eigenvalue weighted by molar-refractivity contribution is 5.76. The monoisotopic (exact) mass is 927 g/mol. The summed E-state index contributed by atoms with van der Waals surface area (Å²) < 4.78 is 55.0. The summed E-state index contributed by atoms with van der Waals surface area (Å²) >= 11 is 0. The molecule has 1 amide bonds. The number of methoxy groups -OCH3 is 1. The average Bonchev–Trinajstić information content (AvgIpc) is 3.25. The Bertz CT molecular complexity index is 1220. The molecule has 3 rings (SSSR count). The molecule has 0 aromatic heterocycles. The lowest BCUT2D eigenvalue weighted by Gasteiger charge is -2.52. The van der Waals surface area contributed by atoms with Crippen LogP contribution >= 0.6 is 0 Å². The number of carbonyl (C=O) groups is 1. The van der Waals surface area contributed by atoms with Crippen molar-refractivity contribution in [2.45, 2.75) is 195 Å². The number of hydrogen-bond donors (Lipinski definition) is 8. The van der Waals surface area contributed by atoms with Crippen molar-refractivity contribution in [1.82, 2.24) is 5.32 Å². The molecule has 3 aliphatic rings. The summed E-state index contributed by atoms with van der Waals surface area (Å²) in [5.74, 6) is -0.312. The Kier molecular flexibility index (Phi) is 27.7. The number of amides is 1. The molecule has 9 N–H and O–H groups in total. The van der Waals surface area contributed by atoms with E-state index < -0.39 is 91.7 Å². The highest BCUT2D eigenvalue weighted by Gasteiger charge is 2.57. The van der Waals surface area contributed by atoms with Crippen LogP contribution in [0.1, 0.15) is 104 Å². The Hall–Kier alpha value is -1.21. The second-order valence-electron chi connectivity index (χ2n) is 18.5. The zero-order valence-corrected chi connectivity index (χ0v) is 39.7. The largest absolute Gasteiger partial charge is 0.394 e. The lowest BCUT2D eigenvalue weighted by Crippen LogP contribution is -2.72. The van der Waals surface area contributed by atoms with Gasteiger partial charge >= 0.3 is 0 Å². The van der Waals surface area contributed by atoms with Crippen LogP contribution in [0.2, 0.25) is 0 Å². The van der Waals surface area contributed by atoms with Crippen molar-refractivity contribution >= 4 is 5.91 Å². The molecular weight excluding hydrogens is 838 g/mol. The molecule has 15 unspecified atom stereocenters. The molecule has 0 saturated carbocycles. The van der Waals surface area contributed by atoms with E-state index in [9.17, 15) is 35.4 Å². The lowest BCUT2D eigenvalue weighted by atomic mass is 9.92. The van der Waals surface area contributed by atoms with E-state index in [1.54, 1.807) is 6.92 Å². The number of nitrogens with two attached hydrogens (primary N) is 1. The molecule has 3 fully saturated rings. The van der Waals surface area contributed by atoms with E-state index in [2.05, 4.69) is 12.2 Å². The topological polar surface area (TPSA) is 260 Å². The van der Waals surface area contributed by atoms with Gasteiger partial charge in [-0.05, 0) is 13.3 Å². The fourth-order valence-electron chi connectivity index (χ4n) is 8.88. The van der Waals surface area contributed by atoms with Crippen molar-refractivity contribution < 1.29 is 82.5 Å². The third kappa shape index (κ3) is 18.4. The van der Waals surface area contributed by atoms with E-state index in [0.717, 1.165) is 19.3 Å². The number of rotatable bonds is 33. The van der Waals surface area contributed by atoms with Crippen molar-refractivity contribution in [3.8, 4) is 0 Å². The second kappa shape index (κ2) is 31.0. The van der Waals surface area contributed by atoms with Gasteiger partial charge in [0.25, 0.3) is 0 Å². The molecule has 0 aromatic rings. The van der Waals surface area contributed by atoms with Gasteiger partial charge in [0, 0.05) is 13.5 Å². The van der Waals surface area contributed by atoms with Gasteiger partial charge < -0.3 is 88.8 Å². The molecule has 3 aliphatic heterocycles. The molecule has 0 aliphatic carbocycles. The molecule has 3 heterocycles. The van der Waals surface area contributed by atoms with E-state index in [4.69, 9.17) is 48.4 Å². The maximum atomic E-state index is 13.6. The second-order valence-corrected chi connectivity index (χ2v) is 18.5. The summed E-state index contributed by atoms with van der Waals surface area (Å²) in [6.07, 6.45) is 2.29. The Balaban J connectivity index is 1.81. The predicted molar refractivity (Wildman–Crippen MR) is 236 cm³/mol. The maximum absolute atomic E-state index is 13.6. The summed E-state index contributed by atoms with van der Waals surface area (Å²) in [6.45, 7) is 2.88. The lowest BCUT2D eigenvalue weighted by molar-refractivity contribution is -0.910. The molecule has 0 bridgehead atoms. The molecule has 64 heavy (non-hydrogen) atoms. The van der Waals surface area contributed by atoms with E-state index in [1.165, 1.54) is 64.9 Å². The third-order valence-corrected chi connectivity index (χ3v) is 12.5. The number of nitrogens with one attached hydrogen (secondary N) is 1. The van der Waals surface area contributed by atoms with Gasteiger partial charge in [0.2, 0.25) is 12.2 Å². The predicted octanol–water partition coefficient (Wildman–Crippen LogP) is 0.487. The summed E-state index contributed by atoms with van der Waals surface area (Å²) in [5.41, 5.74) is 6.33. The van der Waals surface area contributed by atoms with Gasteiger partial charge in [-0.1, -0.05) is 84.0 Å². The number of aliphatic hydroxyl groups excluding tert-OH is 6. The first kappa shape index (κ1) is 57.1. The number of quaternary nitrogens is 1. The summed E-state index contributed by atoms with van der Waals surface area (Å²) in [7, 11) is 6.90. The van der Waals surface area contributed by atoms with E-state index >= 15 is 0 Å². The van der Waals surface area contributed by atoms with Crippen LogP contribution in [-0.4, -0.2) is 220 Å². The number of hydrogen-bond acceptors (Lipinski definition) is 17. The van der Waals surface area contributed by atoms with Crippen LogP contribution in [0.15, 0.2) is 0 Å². The van der Waals surface area contributed by atoms with Crippen molar-refractivity contribution in [1.29, 1.82) is 0 Å². The normalized spacial score (nSPS) is 33.7. The molecule has 0 radical (unpaired) electrons. The van der Waals surface area contributed by atoms with Crippen molar-refractivity contribution in [3.05, 3.63) is 0 Å². The zero-order chi connectivity index (χ0) is 47.1. The Morgan fingerprint density at radius 1 is 0.625 bits per heavy atom. The molecular formula is C45H88N3O16+. The fraction of sp³-hybridized carbons (Fsp3) is 0.978. The van der Waals surface area contributed by atoms with E-state index in [0.29, 0.717) is 6.42 Å². The number of aliphatic hydroxyl groups is 6. The van der Waals surface area contributed by atoms with Crippen LogP contribution < -0.4 is 11.1 Å². The van der Waals surface area contributed by atoms with Crippen LogP contribution in [0.5, 0.6) is 0 Å². The SMILES string of the molecule is CCCCCCCCCCCCCCCC(=O)NC1C(OC2C(COCCO)OC(OC3C(COCCO)OC(C)C(N)C3O)C([N+](C)(C)C)C2O)OC(COCCO)C(OC)C1O. The van der Waals surface area contributed by atoms with Gasteiger partial charge in [0.1, 0.15) is 61.0 Å². The Morgan fingerprint density at radius 3 is 1.55 bits per heavy atom. The minimum Gasteiger partial charge on any atom is -0.394 e. The fourth-order valence-corrected chi connectivity index (χ4v) is 8.88. The van der Waals surface area contributed by atoms with Gasteiger partial charge in [-0.2, -0.15) is 0 Å². The summed E-state index contributed by atoms with van der Waals surface area (Å²) in [4.78, 5) is 13.6. The van der Waals surface area contributed by atoms with Crippen LogP contribution in [0, 0.1) is 0 Å². The standard InChI is InChI=1S/C45H87N3O16/c1-7-8-9-10-11-12-13-14-15-16-17-18-19-20-34(52)47-36-39(54)41(56-6)31(27-57-24-21-49)61-44(36)63-43-33(29-59-26-23-51)62-45(37(40(43)55)48(3,4)5)64-42-32(28-58-25-22-50)60-30(2)35(46)38(42)53/h30-33,35-45,49-51,53-55H,7-29,46H2,1-6H3/p+1. The Morgan fingerprint density at radius 2 is 1.06 bits per heavy atom. The van der Waals surface area contributed by atoms with Crippen molar-refractivity contribution in [2.24, 2.45) is 5.73 Å². The molecule has 0 aromatic carbocycles. The van der Waals surface area contributed by atoms with Crippen molar-refractivity contribution in [2.75, 3.05) is 87.7 Å². The van der Waals surface area contributed by atoms with E-state index in [1.807, 2.05) is 21.1 Å². The molecule has 3 saturated heterocycles. The smallest absolute Gasteiger partial charge is 0.220 e. The number of nitrogens with zero attached hydrogens (tertiary/aromatic N) is 1. The molecule has 19 heteroatoms. The molecule has 378 valence electrons. The van der Waals surface area contributed by atoms with Crippen LogP contribution in [0.3, 0.4) is 0 Å². The van der Waals surface area contributed by atoms with E-state index in [-0.39, 0.29) is 76.3 Å². The highest BCUT2D eigenvalue weighted by atomic mass is 16.7. The summed E-state index contributed by atoms with van der Waals surface area (Å²) in [6, 6.07) is -2.88. The number of unbranched alkanes of at least 4 members (excludes halogenated alkanes) is 12. The van der Waals surface area contributed by atoms with Gasteiger partial charge in [-0.25, -0.2) is 0 Å². The third-order valence-electron chi connectivity index (χ3n) is 12.5. The molecule has 15 atom stereocenters. The maximum Gasteiger partial charge on any atom is 0.220 e. The zero-order valence-electron chi connectivity index (χ0n) is 39.7. The summed E-state index contributed by atoms with van der Waals surface area (Å²) in [5, 5.41) is 66.9. The van der Waals surface area contributed by atoms with Crippen LogP contribution in [0.4, 0.5) is 0 Å². The first-order chi connectivity index (χ1) is 30.7. The quantitative estimate of drug-likeness (QED) is 0.0329. The number of ether oxygens (including phenoxy) is 9. The van der Waals surface area contributed by atoms with Gasteiger partial charge in [0.15, 0.2) is 12.3 Å². The molecule has 19 nitrogen and oxygen atoms in total. The van der Waals surface area contributed by atoms with Gasteiger partial charge in [0.05, 0.1) is 92.8 Å².